The first-order valence-electron chi connectivity index (χ1n) is 8.94. The number of nitrogens with two attached hydrogens (primary N) is 1. The third-order valence-corrected chi connectivity index (χ3v) is 4.73. The second-order valence-corrected chi connectivity index (χ2v) is 7.04. The smallest absolute Gasteiger partial charge is 0.326 e. The van der Waals surface area contributed by atoms with Gasteiger partial charge in [0.2, 0.25) is 11.8 Å². The van der Waals surface area contributed by atoms with Crippen LogP contribution in [0.4, 0.5) is 13.2 Å². The summed E-state index contributed by atoms with van der Waals surface area (Å²) in [6.45, 7) is 0.0740. The van der Waals surface area contributed by atoms with Gasteiger partial charge < -0.3 is 11.1 Å². The molecule has 1 saturated heterocycles. The van der Waals surface area contributed by atoms with Gasteiger partial charge in [0.15, 0.2) is 0 Å². The minimum atomic E-state index is -4.35. The molecule has 1 fully saturated rings. The van der Waals surface area contributed by atoms with E-state index in [1.807, 2.05) is 0 Å². The molecule has 2 aliphatic rings. The van der Waals surface area contributed by atoms with E-state index in [0.717, 1.165) is 4.90 Å². The van der Waals surface area contributed by atoms with Crippen molar-refractivity contribution in [1.82, 2.24) is 15.5 Å². The molecule has 0 aliphatic carbocycles. The van der Waals surface area contributed by atoms with Crippen molar-refractivity contribution in [2.45, 2.75) is 44.1 Å². The van der Waals surface area contributed by atoms with E-state index >= 15 is 0 Å². The molecule has 1 aromatic rings. The fourth-order valence-corrected chi connectivity index (χ4v) is 3.40. The molecule has 29 heavy (non-hydrogen) atoms. The molecule has 2 heterocycles. The SMILES string of the molecule is NC(CNCc1ccc2c(c1)C(=O)N(C1CCC(=O)NC1=O)C2=O)CC(F)(F)F. The van der Waals surface area contributed by atoms with E-state index in [-0.39, 0.29) is 37.1 Å². The lowest BCUT2D eigenvalue weighted by molar-refractivity contribution is -0.138. The summed E-state index contributed by atoms with van der Waals surface area (Å²) >= 11 is 0. The topological polar surface area (TPSA) is 122 Å². The van der Waals surface area contributed by atoms with Crippen LogP contribution in [0.25, 0.3) is 0 Å². The van der Waals surface area contributed by atoms with Gasteiger partial charge in [-0.2, -0.15) is 13.2 Å². The second kappa shape index (κ2) is 7.91. The Morgan fingerprint density at radius 2 is 1.86 bits per heavy atom. The number of hydrogen-bond acceptors (Lipinski definition) is 6. The Kier molecular flexibility index (Phi) is 5.71. The predicted octanol–water partition coefficient (Wildman–Crippen LogP) is 0.457. The van der Waals surface area contributed by atoms with Gasteiger partial charge in [-0.1, -0.05) is 6.07 Å². The molecule has 156 valence electrons. The van der Waals surface area contributed by atoms with Gasteiger partial charge in [-0.3, -0.25) is 29.4 Å². The Labute approximate surface area is 163 Å². The number of piperidine rings is 1. The molecule has 2 atom stereocenters. The standard InChI is InChI=1S/C18H19F3N4O4/c19-18(20,21)6-10(22)8-23-7-9-1-2-11-12(5-9)17(29)25(16(11)28)13-3-4-14(26)24-15(13)27/h1-2,5,10,13,23H,3-4,6-8,22H2,(H,24,26,27). The van der Waals surface area contributed by atoms with Crippen LogP contribution in [-0.4, -0.2) is 53.3 Å². The van der Waals surface area contributed by atoms with E-state index in [4.69, 9.17) is 5.73 Å². The van der Waals surface area contributed by atoms with Crippen LogP contribution in [0.15, 0.2) is 18.2 Å². The lowest BCUT2D eigenvalue weighted by Crippen LogP contribution is -2.54. The minimum absolute atomic E-state index is 0.0250. The Bertz CT molecular complexity index is 871. The first-order chi connectivity index (χ1) is 13.6. The van der Waals surface area contributed by atoms with Crippen LogP contribution in [0.1, 0.15) is 45.5 Å². The molecule has 8 nitrogen and oxygen atoms in total. The maximum absolute atomic E-state index is 12.7. The van der Waals surface area contributed by atoms with Crippen LogP contribution in [-0.2, 0) is 16.1 Å². The van der Waals surface area contributed by atoms with Crippen molar-refractivity contribution in [3.63, 3.8) is 0 Å². The Hall–Kier alpha value is -2.79. The molecule has 2 unspecified atom stereocenters. The number of rotatable bonds is 6. The van der Waals surface area contributed by atoms with Crippen molar-refractivity contribution in [1.29, 1.82) is 0 Å². The molecule has 0 spiro atoms. The molecule has 3 rings (SSSR count). The van der Waals surface area contributed by atoms with Crippen molar-refractivity contribution in [2.24, 2.45) is 5.73 Å². The molecule has 11 heteroatoms. The monoisotopic (exact) mass is 412 g/mol. The fourth-order valence-electron chi connectivity index (χ4n) is 3.40. The van der Waals surface area contributed by atoms with Gasteiger partial charge in [0, 0.05) is 25.6 Å². The lowest BCUT2D eigenvalue weighted by atomic mass is 10.0. The number of fused-ring (bicyclic) bond motifs is 1. The van der Waals surface area contributed by atoms with Crippen molar-refractivity contribution in [3.8, 4) is 0 Å². The highest BCUT2D eigenvalue weighted by Crippen LogP contribution is 2.28. The summed E-state index contributed by atoms with van der Waals surface area (Å²) in [5.41, 5.74) is 6.25. The minimum Gasteiger partial charge on any atom is -0.326 e. The maximum Gasteiger partial charge on any atom is 0.390 e. The normalized spacial score (nSPS) is 20.7. The van der Waals surface area contributed by atoms with Gasteiger partial charge in [-0.25, -0.2) is 0 Å². The highest BCUT2D eigenvalue weighted by atomic mass is 19.4. The summed E-state index contributed by atoms with van der Waals surface area (Å²) in [7, 11) is 0. The summed E-state index contributed by atoms with van der Waals surface area (Å²) in [5, 5.41) is 4.91. The number of imide groups is 2. The number of nitrogens with zero attached hydrogens (tertiary/aromatic N) is 1. The quantitative estimate of drug-likeness (QED) is 0.584. The Morgan fingerprint density at radius 1 is 1.17 bits per heavy atom. The van der Waals surface area contributed by atoms with Crippen molar-refractivity contribution in [3.05, 3.63) is 34.9 Å². The van der Waals surface area contributed by atoms with E-state index in [9.17, 15) is 32.3 Å². The van der Waals surface area contributed by atoms with Crippen molar-refractivity contribution in [2.75, 3.05) is 6.54 Å². The molecular formula is C18H19F3N4O4. The van der Waals surface area contributed by atoms with Crippen LogP contribution in [0.3, 0.4) is 0 Å². The Balaban J connectivity index is 1.66. The lowest BCUT2D eigenvalue weighted by Gasteiger charge is -2.27. The summed E-state index contributed by atoms with van der Waals surface area (Å²) in [6.07, 6.45) is -5.38. The number of hydrogen-bond donors (Lipinski definition) is 3. The first-order valence-corrected chi connectivity index (χ1v) is 8.94. The molecule has 4 N–H and O–H groups in total. The zero-order valence-electron chi connectivity index (χ0n) is 15.2. The fraction of sp³-hybridized carbons (Fsp3) is 0.444. The van der Waals surface area contributed by atoms with Gasteiger partial charge in [0.05, 0.1) is 17.5 Å². The zero-order valence-corrected chi connectivity index (χ0v) is 15.2. The summed E-state index contributed by atoms with van der Waals surface area (Å²) in [4.78, 5) is 49.4. The van der Waals surface area contributed by atoms with Gasteiger partial charge in [0.1, 0.15) is 6.04 Å². The third-order valence-electron chi connectivity index (χ3n) is 4.73. The number of carbonyl (C=O) groups excluding carboxylic acids is 4. The molecule has 2 aliphatic heterocycles. The molecule has 0 bridgehead atoms. The van der Waals surface area contributed by atoms with Crippen LogP contribution in [0, 0.1) is 0 Å². The van der Waals surface area contributed by atoms with Gasteiger partial charge in [-0.15, -0.1) is 0 Å². The molecule has 1 aromatic carbocycles. The molecule has 0 aromatic heterocycles. The molecular weight excluding hydrogens is 393 g/mol. The van der Waals surface area contributed by atoms with Gasteiger partial charge in [0.25, 0.3) is 11.8 Å². The summed E-state index contributed by atoms with van der Waals surface area (Å²) in [5.74, 6) is -2.42. The van der Waals surface area contributed by atoms with Crippen LogP contribution < -0.4 is 16.4 Å². The maximum atomic E-state index is 12.7. The number of alkyl halides is 3. The average molecular weight is 412 g/mol. The van der Waals surface area contributed by atoms with E-state index in [1.54, 1.807) is 6.07 Å². The predicted molar refractivity (Wildman–Crippen MR) is 93.5 cm³/mol. The number of carbonyl (C=O) groups is 4. The van der Waals surface area contributed by atoms with Gasteiger partial charge in [-0.05, 0) is 24.1 Å². The van der Waals surface area contributed by atoms with E-state index in [1.165, 1.54) is 12.1 Å². The second-order valence-electron chi connectivity index (χ2n) is 7.04. The largest absolute Gasteiger partial charge is 0.390 e. The van der Waals surface area contributed by atoms with E-state index in [0.29, 0.717) is 5.56 Å². The first kappa shape index (κ1) is 20.9. The highest BCUT2D eigenvalue weighted by molar-refractivity contribution is 6.23. The third kappa shape index (κ3) is 4.62. The van der Waals surface area contributed by atoms with E-state index < -0.39 is 48.3 Å². The average Bonchev–Trinajstić information content (AvgIpc) is 2.85. The zero-order chi connectivity index (χ0) is 21.3. The summed E-state index contributed by atoms with van der Waals surface area (Å²) in [6, 6.07) is 2.32. The summed E-state index contributed by atoms with van der Waals surface area (Å²) < 4.78 is 36.9. The van der Waals surface area contributed by atoms with Crippen LogP contribution in [0.2, 0.25) is 0 Å². The number of nitrogens with one attached hydrogen (secondary N) is 2. The van der Waals surface area contributed by atoms with Crippen molar-refractivity contribution < 1.29 is 32.3 Å². The highest BCUT2D eigenvalue weighted by Gasteiger charge is 2.44. The van der Waals surface area contributed by atoms with Crippen molar-refractivity contribution >= 4 is 23.6 Å². The Morgan fingerprint density at radius 3 is 2.52 bits per heavy atom. The number of amides is 4. The molecule has 0 saturated carbocycles. The van der Waals surface area contributed by atoms with E-state index in [2.05, 4.69) is 10.6 Å². The molecule has 0 radical (unpaired) electrons. The van der Waals surface area contributed by atoms with Crippen LogP contribution in [0.5, 0.6) is 0 Å². The van der Waals surface area contributed by atoms with Gasteiger partial charge >= 0.3 is 6.18 Å². The number of halogens is 3. The number of benzene rings is 1. The molecule has 4 amide bonds. The van der Waals surface area contributed by atoms with Crippen LogP contribution >= 0.6 is 0 Å².